The van der Waals surface area contributed by atoms with Crippen LogP contribution in [0.5, 0.6) is 23.0 Å². The van der Waals surface area contributed by atoms with Gasteiger partial charge in [-0.25, -0.2) is 0 Å². The first-order valence-corrected chi connectivity index (χ1v) is 8.37. The van der Waals surface area contributed by atoms with Crippen molar-refractivity contribution in [3.8, 4) is 23.0 Å². The van der Waals surface area contributed by atoms with Gasteiger partial charge in [-0.3, -0.25) is 4.79 Å². The van der Waals surface area contributed by atoms with Gasteiger partial charge in [0.25, 0.3) is 5.91 Å². The minimum Gasteiger partial charge on any atom is -0.496 e. The Kier molecular flexibility index (Phi) is 7.24. The molecule has 0 saturated heterocycles. The quantitative estimate of drug-likeness (QED) is 0.732. The van der Waals surface area contributed by atoms with Gasteiger partial charge >= 0.3 is 0 Å². The van der Waals surface area contributed by atoms with Gasteiger partial charge in [0.1, 0.15) is 11.5 Å². The number of amides is 1. The second kappa shape index (κ2) is 9.40. The highest BCUT2D eigenvalue weighted by atomic mass is 35.5. The number of carbonyl (C=O) groups excluding carboxylic acids is 1. The van der Waals surface area contributed by atoms with Crippen LogP contribution in [0.15, 0.2) is 30.3 Å². The van der Waals surface area contributed by atoms with E-state index in [0.717, 1.165) is 5.56 Å². The molecule has 0 heterocycles. The molecule has 2 aromatic rings. The lowest BCUT2D eigenvalue weighted by Crippen LogP contribution is -2.28. The molecule has 0 aliphatic rings. The highest BCUT2D eigenvalue weighted by Gasteiger charge is 2.13. The summed E-state index contributed by atoms with van der Waals surface area (Å²) < 4.78 is 21.2. The van der Waals surface area contributed by atoms with Gasteiger partial charge in [0.15, 0.2) is 18.1 Å². The van der Waals surface area contributed by atoms with Crippen LogP contribution in [0.1, 0.15) is 5.56 Å². The lowest BCUT2D eigenvalue weighted by molar-refractivity contribution is -0.123. The first kappa shape index (κ1) is 20.0. The summed E-state index contributed by atoms with van der Waals surface area (Å²) in [6.07, 6.45) is 0. The third-order valence-electron chi connectivity index (χ3n) is 3.51. The van der Waals surface area contributed by atoms with Crippen LogP contribution in [0.3, 0.4) is 0 Å². The van der Waals surface area contributed by atoms with E-state index in [1.807, 2.05) is 0 Å². The minimum atomic E-state index is -0.321. The molecule has 0 atom stereocenters. The largest absolute Gasteiger partial charge is 0.496 e. The van der Waals surface area contributed by atoms with E-state index in [0.29, 0.717) is 33.0 Å². The summed E-state index contributed by atoms with van der Waals surface area (Å²) in [5.41, 5.74) is 0.735. The Labute approximate surface area is 161 Å². The van der Waals surface area contributed by atoms with Crippen molar-refractivity contribution >= 4 is 29.1 Å². The van der Waals surface area contributed by atoms with Gasteiger partial charge in [0.05, 0.1) is 26.4 Å². The van der Waals surface area contributed by atoms with Crippen molar-refractivity contribution in [1.29, 1.82) is 0 Å². The van der Waals surface area contributed by atoms with Crippen LogP contribution >= 0.6 is 23.2 Å². The first-order chi connectivity index (χ1) is 12.5. The number of halogens is 2. The van der Waals surface area contributed by atoms with E-state index in [1.54, 1.807) is 30.3 Å². The van der Waals surface area contributed by atoms with E-state index in [-0.39, 0.29) is 19.1 Å². The molecule has 0 aliphatic carbocycles. The summed E-state index contributed by atoms with van der Waals surface area (Å²) >= 11 is 11.9. The summed E-state index contributed by atoms with van der Waals surface area (Å²) in [4.78, 5) is 12.1. The molecule has 0 saturated carbocycles. The third kappa shape index (κ3) is 5.09. The molecule has 2 aromatic carbocycles. The van der Waals surface area contributed by atoms with Crippen LogP contribution in [0.25, 0.3) is 0 Å². The molecular weight excluding hydrogens is 381 g/mol. The minimum absolute atomic E-state index is 0.199. The molecule has 0 aromatic heterocycles. The van der Waals surface area contributed by atoms with Gasteiger partial charge in [-0.05, 0) is 18.2 Å². The maximum Gasteiger partial charge on any atom is 0.258 e. The fourth-order valence-corrected chi connectivity index (χ4v) is 2.54. The molecule has 0 bridgehead atoms. The van der Waals surface area contributed by atoms with Gasteiger partial charge in [-0.2, -0.15) is 0 Å². The molecule has 0 spiro atoms. The molecule has 8 heteroatoms. The number of rotatable bonds is 8. The van der Waals surface area contributed by atoms with Crippen molar-refractivity contribution in [2.75, 3.05) is 27.9 Å². The molecule has 0 unspecified atom stereocenters. The molecule has 6 nitrogen and oxygen atoms in total. The smallest absolute Gasteiger partial charge is 0.258 e. The molecule has 140 valence electrons. The Hall–Kier alpha value is -2.31. The van der Waals surface area contributed by atoms with E-state index >= 15 is 0 Å². The van der Waals surface area contributed by atoms with E-state index in [4.69, 9.17) is 42.1 Å². The summed E-state index contributed by atoms with van der Waals surface area (Å²) in [6.45, 7) is 0.0324. The van der Waals surface area contributed by atoms with E-state index in [2.05, 4.69) is 5.32 Å². The summed E-state index contributed by atoms with van der Waals surface area (Å²) in [5, 5.41) is 3.60. The molecule has 2 rings (SSSR count). The second-order valence-electron chi connectivity index (χ2n) is 5.16. The molecule has 1 amide bonds. The van der Waals surface area contributed by atoms with Crippen LogP contribution in [0.2, 0.25) is 10.0 Å². The predicted molar refractivity (Wildman–Crippen MR) is 99.9 cm³/mol. The van der Waals surface area contributed by atoms with Crippen LogP contribution in [-0.2, 0) is 11.3 Å². The van der Waals surface area contributed by atoms with Crippen LogP contribution < -0.4 is 24.3 Å². The van der Waals surface area contributed by atoms with Crippen molar-refractivity contribution in [2.45, 2.75) is 6.54 Å². The van der Waals surface area contributed by atoms with Gasteiger partial charge in [-0.1, -0.05) is 23.2 Å². The number of nitrogens with one attached hydrogen (secondary N) is 1. The molecule has 26 heavy (non-hydrogen) atoms. The normalized spacial score (nSPS) is 10.2. The third-order valence-corrected chi connectivity index (χ3v) is 4.06. The predicted octanol–water partition coefficient (Wildman–Crippen LogP) is 3.71. The van der Waals surface area contributed by atoms with Crippen molar-refractivity contribution in [3.63, 3.8) is 0 Å². The zero-order valence-electron chi connectivity index (χ0n) is 14.6. The Bertz CT molecular complexity index is 782. The Morgan fingerprint density at radius 1 is 0.923 bits per heavy atom. The monoisotopic (exact) mass is 399 g/mol. The number of ether oxygens (including phenoxy) is 4. The summed E-state index contributed by atoms with van der Waals surface area (Å²) in [6, 6.07) is 8.23. The zero-order chi connectivity index (χ0) is 19.1. The number of hydrogen-bond donors (Lipinski definition) is 1. The Morgan fingerprint density at radius 3 is 2.23 bits per heavy atom. The van der Waals surface area contributed by atoms with E-state index in [9.17, 15) is 4.79 Å². The topological polar surface area (TPSA) is 66.0 Å². The highest BCUT2D eigenvalue weighted by molar-refractivity contribution is 6.34. The summed E-state index contributed by atoms with van der Waals surface area (Å²) in [5.74, 6) is 1.68. The van der Waals surface area contributed by atoms with Crippen LogP contribution in [-0.4, -0.2) is 33.8 Å². The van der Waals surface area contributed by atoms with Crippen LogP contribution in [0.4, 0.5) is 0 Å². The number of benzene rings is 2. The average molecular weight is 400 g/mol. The van der Waals surface area contributed by atoms with Crippen molar-refractivity contribution < 1.29 is 23.7 Å². The molecule has 0 radical (unpaired) electrons. The fourth-order valence-electron chi connectivity index (χ4n) is 2.21. The van der Waals surface area contributed by atoms with Gasteiger partial charge in [-0.15, -0.1) is 0 Å². The number of hydrogen-bond acceptors (Lipinski definition) is 5. The average Bonchev–Trinajstić information content (AvgIpc) is 2.66. The fraction of sp³-hybridized carbons (Fsp3) is 0.278. The van der Waals surface area contributed by atoms with Gasteiger partial charge in [0.2, 0.25) is 0 Å². The molecule has 0 aliphatic heterocycles. The standard InChI is InChI=1S/C18H19Cl2NO5/c1-23-14-8-17(25-3)16(24-2)6-11(14)9-21-18(22)10-26-15-7-12(19)4-5-13(15)20/h4-8H,9-10H2,1-3H3,(H,21,22). The lowest BCUT2D eigenvalue weighted by atomic mass is 10.1. The van der Waals surface area contributed by atoms with E-state index in [1.165, 1.54) is 21.3 Å². The van der Waals surface area contributed by atoms with Gasteiger partial charge in [0, 0.05) is 29.3 Å². The second-order valence-corrected chi connectivity index (χ2v) is 6.00. The van der Waals surface area contributed by atoms with Crippen molar-refractivity contribution in [3.05, 3.63) is 45.9 Å². The SMILES string of the molecule is COc1cc(OC)c(OC)cc1CNC(=O)COc1cc(Cl)ccc1Cl. The van der Waals surface area contributed by atoms with Gasteiger partial charge < -0.3 is 24.3 Å². The molecule has 1 N–H and O–H groups in total. The highest BCUT2D eigenvalue weighted by Crippen LogP contribution is 2.34. The van der Waals surface area contributed by atoms with Crippen LogP contribution in [0, 0.1) is 0 Å². The maximum absolute atomic E-state index is 12.1. The molecule has 0 fully saturated rings. The van der Waals surface area contributed by atoms with E-state index < -0.39 is 0 Å². The maximum atomic E-state index is 12.1. The number of carbonyl (C=O) groups is 1. The zero-order valence-corrected chi connectivity index (χ0v) is 16.1. The summed E-state index contributed by atoms with van der Waals surface area (Å²) in [7, 11) is 4.61. The Morgan fingerprint density at radius 2 is 1.58 bits per heavy atom. The van der Waals surface area contributed by atoms with Crippen molar-refractivity contribution in [1.82, 2.24) is 5.32 Å². The lowest BCUT2D eigenvalue weighted by Gasteiger charge is -2.15. The first-order valence-electron chi connectivity index (χ1n) is 7.62. The number of methoxy groups -OCH3 is 3. The van der Waals surface area contributed by atoms with Crippen molar-refractivity contribution in [2.24, 2.45) is 0 Å². The Balaban J connectivity index is 1.99. The molecular formula is C18H19Cl2NO5.